The summed E-state index contributed by atoms with van der Waals surface area (Å²) < 4.78 is 2.06. The molecule has 23 heavy (non-hydrogen) atoms. The minimum atomic E-state index is 0.791. The first kappa shape index (κ1) is 16.2. The van der Waals surface area contributed by atoms with Crippen molar-refractivity contribution in [1.29, 1.82) is 0 Å². The molecule has 1 aliphatic rings. The van der Waals surface area contributed by atoms with Gasteiger partial charge in [0.15, 0.2) is 0 Å². The van der Waals surface area contributed by atoms with Crippen LogP contribution in [0.5, 0.6) is 0 Å². The van der Waals surface area contributed by atoms with Crippen LogP contribution in [0, 0.1) is 19.8 Å². The second-order valence-electron chi connectivity index (χ2n) is 6.58. The largest absolute Gasteiger partial charge is 0.312 e. The lowest BCUT2D eigenvalue weighted by atomic mass is 10.1. The molecular weight excluding hydrogens is 284 g/mol. The lowest BCUT2D eigenvalue weighted by molar-refractivity contribution is 0.339. The normalized spacial score (nSPS) is 18.7. The summed E-state index contributed by atoms with van der Waals surface area (Å²) in [6.07, 6.45) is 1.32. The van der Waals surface area contributed by atoms with Crippen LogP contribution in [0.25, 0.3) is 5.69 Å². The van der Waals surface area contributed by atoms with E-state index < -0.39 is 0 Å². The summed E-state index contributed by atoms with van der Waals surface area (Å²) in [6.45, 7) is 12.2. The van der Waals surface area contributed by atoms with Gasteiger partial charge in [0.2, 0.25) is 0 Å². The molecule has 0 bridgehead atoms. The molecule has 4 nitrogen and oxygen atoms in total. The molecule has 124 valence electrons. The maximum Gasteiger partial charge on any atom is 0.0648 e. The molecule has 1 fully saturated rings. The summed E-state index contributed by atoms with van der Waals surface area (Å²) in [7, 11) is 0. The molecule has 2 heterocycles. The first-order valence-corrected chi connectivity index (χ1v) is 8.72. The highest BCUT2D eigenvalue weighted by Crippen LogP contribution is 2.18. The predicted molar refractivity (Wildman–Crippen MR) is 95.0 cm³/mol. The van der Waals surface area contributed by atoms with Gasteiger partial charge >= 0.3 is 0 Å². The number of hydrogen-bond donors (Lipinski definition) is 1. The van der Waals surface area contributed by atoms with Crippen molar-refractivity contribution >= 4 is 0 Å². The van der Waals surface area contributed by atoms with Gasteiger partial charge < -0.3 is 10.2 Å². The Morgan fingerprint density at radius 2 is 2.00 bits per heavy atom. The molecule has 0 amide bonds. The van der Waals surface area contributed by atoms with Crippen molar-refractivity contribution in [2.75, 3.05) is 26.2 Å². The molecule has 1 atom stereocenters. The fraction of sp³-hybridized carbons (Fsp3) is 0.526. The Morgan fingerprint density at radius 1 is 1.22 bits per heavy atom. The van der Waals surface area contributed by atoms with Crippen LogP contribution in [-0.2, 0) is 6.54 Å². The first-order chi connectivity index (χ1) is 11.2. The molecule has 1 aromatic carbocycles. The molecule has 1 saturated heterocycles. The fourth-order valence-electron chi connectivity index (χ4n) is 3.52. The predicted octanol–water partition coefficient (Wildman–Crippen LogP) is 2.92. The number of likely N-dealkylation sites (tertiary alicyclic amines) is 1. The molecule has 1 N–H and O–H groups in total. The number of para-hydroxylation sites is 1. The Bertz CT molecular complexity index is 632. The van der Waals surface area contributed by atoms with E-state index in [4.69, 9.17) is 5.10 Å². The van der Waals surface area contributed by atoms with Crippen LogP contribution in [0.3, 0.4) is 0 Å². The Morgan fingerprint density at radius 3 is 2.70 bits per heavy atom. The number of aryl methyl sites for hydroxylation is 1. The molecule has 1 unspecified atom stereocenters. The van der Waals surface area contributed by atoms with E-state index in [1.807, 2.05) is 6.07 Å². The van der Waals surface area contributed by atoms with Crippen molar-refractivity contribution < 1.29 is 0 Å². The van der Waals surface area contributed by atoms with Gasteiger partial charge in [-0.25, -0.2) is 4.68 Å². The van der Waals surface area contributed by atoms with Crippen LogP contribution in [0.15, 0.2) is 30.3 Å². The van der Waals surface area contributed by atoms with Crippen molar-refractivity contribution in [3.8, 4) is 5.69 Å². The molecule has 4 heteroatoms. The van der Waals surface area contributed by atoms with Crippen LogP contribution in [-0.4, -0.2) is 40.9 Å². The van der Waals surface area contributed by atoms with Crippen LogP contribution < -0.4 is 5.32 Å². The molecule has 0 radical (unpaired) electrons. The molecule has 2 aromatic rings. The number of rotatable bonds is 6. The van der Waals surface area contributed by atoms with Gasteiger partial charge in [-0.15, -0.1) is 0 Å². The van der Waals surface area contributed by atoms with Crippen LogP contribution in [0.2, 0.25) is 0 Å². The molecule has 0 aliphatic carbocycles. The van der Waals surface area contributed by atoms with Crippen molar-refractivity contribution in [2.45, 2.75) is 33.7 Å². The molecule has 1 aliphatic heterocycles. The van der Waals surface area contributed by atoms with E-state index in [0.29, 0.717) is 0 Å². The Labute approximate surface area is 139 Å². The Balaban J connectivity index is 1.62. The van der Waals surface area contributed by atoms with Gasteiger partial charge in [0.25, 0.3) is 0 Å². The molecular formula is C19H28N4. The van der Waals surface area contributed by atoms with E-state index in [9.17, 15) is 0 Å². The number of aromatic nitrogens is 2. The van der Waals surface area contributed by atoms with Gasteiger partial charge in [-0.1, -0.05) is 25.1 Å². The maximum absolute atomic E-state index is 4.72. The number of hydrogen-bond acceptors (Lipinski definition) is 3. The summed E-state index contributed by atoms with van der Waals surface area (Å²) in [5.41, 5.74) is 4.83. The minimum absolute atomic E-state index is 0.791. The van der Waals surface area contributed by atoms with E-state index in [2.05, 4.69) is 59.9 Å². The molecule has 0 spiro atoms. The quantitative estimate of drug-likeness (QED) is 0.890. The van der Waals surface area contributed by atoms with Gasteiger partial charge in [-0.3, -0.25) is 0 Å². The highest BCUT2D eigenvalue weighted by Gasteiger charge is 2.21. The molecule has 1 aromatic heterocycles. The SMILES string of the molecule is CCN1CCC(CNCc2c(C)nn(-c3ccccc3)c2C)C1. The number of benzene rings is 1. The van der Waals surface area contributed by atoms with Crippen LogP contribution in [0.4, 0.5) is 0 Å². The summed E-state index contributed by atoms with van der Waals surface area (Å²) in [5, 5.41) is 8.38. The van der Waals surface area contributed by atoms with Gasteiger partial charge in [0.1, 0.15) is 0 Å². The molecule has 0 saturated carbocycles. The van der Waals surface area contributed by atoms with Crippen molar-refractivity contribution in [2.24, 2.45) is 5.92 Å². The summed E-state index contributed by atoms with van der Waals surface area (Å²) in [4.78, 5) is 2.54. The van der Waals surface area contributed by atoms with Gasteiger partial charge in [0.05, 0.1) is 11.4 Å². The monoisotopic (exact) mass is 312 g/mol. The van der Waals surface area contributed by atoms with E-state index in [1.165, 1.54) is 37.3 Å². The summed E-state index contributed by atoms with van der Waals surface area (Å²) in [5.74, 6) is 0.791. The van der Waals surface area contributed by atoms with Crippen LogP contribution in [0.1, 0.15) is 30.3 Å². The van der Waals surface area contributed by atoms with E-state index in [-0.39, 0.29) is 0 Å². The van der Waals surface area contributed by atoms with Crippen molar-refractivity contribution in [1.82, 2.24) is 20.0 Å². The second kappa shape index (κ2) is 7.28. The van der Waals surface area contributed by atoms with E-state index in [1.54, 1.807) is 0 Å². The zero-order valence-electron chi connectivity index (χ0n) is 14.5. The second-order valence-corrected chi connectivity index (χ2v) is 6.58. The topological polar surface area (TPSA) is 33.1 Å². The fourth-order valence-corrected chi connectivity index (χ4v) is 3.52. The third-order valence-corrected chi connectivity index (χ3v) is 4.99. The average molecular weight is 312 g/mol. The van der Waals surface area contributed by atoms with Crippen molar-refractivity contribution in [3.63, 3.8) is 0 Å². The highest BCUT2D eigenvalue weighted by molar-refractivity contribution is 5.36. The number of nitrogens with zero attached hydrogens (tertiary/aromatic N) is 3. The highest BCUT2D eigenvalue weighted by atomic mass is 15.3. The zero-order chi connectivity index (χ0) is 16.2. The van der Waals surface area contributed by atoms with Crippen LogP contribution >= 0.6 is 0 Å². The Hall–Kier alpha value is -1.65. The van der Waals surface area contributed by atoms with Crippen molar-refractivity contribution in [3.05, 3.63) is 47.3 Å². The standard InChI is InChI=1S/C19H28N4/c1-4-22-11-10-17(14-22)12-20-13-19-15(2)21-23(16(19)3)18-8-6-5-7-9-18/h5-9,17,20H,4,10-14H2,1-3H3. The Kier molecular flexibility index (Phi) is 5.13. The zero-order valence-corrected chi connectivity index (χ0v) is 14.5. The lowest BCUT2D eigenvalue weighted by Gasteiger charge is -2.14. The third-order valence-electron chi connectivity index (χ3n) is 4.99. The van der Waals surface area contributed by atoms with Gasteiger partial charge in [0, 0.05) is 24.3 Å². The lowest BCUT2D eigenvalue weighted by Crippen LogP contribution is -2.26. The van der Waals surface area contributed by atoms with Gasteiger partial charge in [-0.05, 0) is 58.0 Å². The number of nitrogens with one attached hydrogen (secondary N) is 1. The third kappa shape index (κ3) is 3.65. The molecule has 3 rings (SSSR count). The first-order valence-electron chi connectivity index (χ1n) is 8.72. The minimum Gasteiger partial charge on any atom is -0.312 e. The van der Waals surface area contributed by atoms with E-state index in [0.717, 1.165) is 30.4 Å². The summed E-state index contributed by atoms with van der Waals surface area (Å²) >= 11 is 0. The maximum atomic E-state index is 4.72. The van der Waals surface area contributed by atoms with E-state index >= 15 is 0 Å². The summed E-state index contributed by atoms with van der Waals surface area (Å²) in [6, 6.07) is 10.4. The smallest absolute Gasteiger partial charge is 0.0648 e. The van der Waals surface area contributed by atoms with Gasteiger partial charge in [-0.2, -0.15) is 5.10 Å². The average Bonchev–Trinajstić information content (AvgIpc) is 3.15.